The van der Waals surface area contributed by atoms with Gasteiger partial charge in [0, 0.05) is 29.6 Å². The van der Waals surface area contributed by atoms with E-state index in [0.29, 0.717) is 47.6 Å². The molecule has 0 atom stereocenters. The van der Waals surface area contributed by atoms with Crippen LogP contribution in [0.25, 0.3) is 11.1 Å². The summed E-state index contributed by atoms with van der Waals surface area (Å²) in [5.74, 6) is -0.764. The largest absolute Gasteiger partial charge is 0.490 e. The predicted molar refractivity (Wildman–Crippen MR) is 137 cm³/mol. The van der Waals surface area contributed by atoms with E-state index in [4.69, 9.17) is 15.2 Å². The fourth-order valence-corrected chi connectivity index (χ4v) is 5.20. The van der Waals surface area contributed by atoms with Gasteiger partial charge in [0.1, 0.15) is 40.4 Å². The molecule has 0 radical (unpaired) electrons. The molecule has 10 nitrogen and oxygen atoms in total. The zero-order chi connectivity index (χ0) is 27.0. The number of hydrogen-bond acceptors (Lipinski definition) is 9. The molecule has 2 aromatic carbocycles. The Balaban J connectivity index is 1.53. The highest BCUT2D eigenvalue weighted by molar-refractivity contribution is 7.92. The Labute approximate surface area is 217 Å². The maximum atomic E-state index is 14.2. The highest BCUT2D eigenvalue weighted by atomic mass is 32.2. The summed E-state index contributed by atoms with van der Waals surface area (Å²) >= 11 is 0. The number of ether oxygens (including phenoxy) is 2. The van der Waals surface area contributed by atoms with E-state index in [1.165, 1.54) is 19.4 Å². The first kappa shape index (κ1) is 25.1. The van der Waals surface area contributed by atoms with Crippen LogP contribution in [0.3, 0.4) is 0 Å². The lowest BCUT2D eigenvalue weighted by Crippen LogP contribution is -2.29. The van der Waals surface area contributed by atoms with Crippen molar-refractivity contribution in [3.8, 4) is 22.8 Å². The van der Waals surface area contributed by atoms with Crippen molar-refractivity contribution in [2.24, 2.45) is 0 Å². The molecule has 3 heterocycles. The zero-order valence-electron chi connectivity index (χ0n) is 20.3. The smallest absolute Gasteiger partial charge is 0.264 e. The molecule has 4 aromatic rings. The molecule has 0 bridgehead atoms. The fraction of sp³-hybridized carbons (Fsp3) is 0.160. The summed E-state index contributed by atoms with van der Waals surface area (Å²) in [6.07, 6.45) is 1.51. The fourth-order valence-electron chi connectivity index (χ4n) is 4.09. The number of methoxy groups -OCH3 is 1. The molecule has 0 unspecified atom stereocenters. The molecule has 0 saturated heterocycles. The van der Waals surface area contributed by atoms with E-state index in [0.717, 1.165) is 17.8 Å². The summed E-state index contributed by atoms with van der Waals surface area (Å²) in [4.78, 5) is 13.9. The SMILES string of the molecule is COc1ncc(-c2ccc3c(c2)N(c2cc(C)nc(N)n2)CCO3)cc1NS(=O)(=O)c1ccc(F)cc1F. The van der Waals surface area contributed by atoms with Crippen molar-refractivity contribution in [1.82, 2.24) is 15.0 Å². The highest BCUT2D eigenvalue weighted by Gasteiger charge is 2.24. The van der Waals surface area contributed by atoms with Crippen LogP contribution < -0.4 is 24.8 Å². The number of fused-ring (bicyclic) bond motifs is 1. The normalized spacial score (nSPS) is 13.0. The number of nitrogens with two attached hydrogens (primary N) is 1. The lowest BCUT2D eigenvalue weighted by Gasteiger charge is -2.31. The molecule has 0 aliphatic carbocycles. The molecule has 0 fully saturated rings. The lowest BCUT2D eigenvalue weighted by atomic mass is 10.0. The van der Waals surface area contributed by atoms with Crippen molar-refractivity contribution in [3.63, 3.8) is 0 Å². The summed E-state index contributed by atoms with van der Waals surface area (Å²) in [7, 11) is -3.10. The summed E-state index contributed by atoms with van der Waals surface area (Å²) in [5, 5.41) is 0. The van der Waals surface area contributed by atoms with Crippen LogP contribution in [-0.2, 0) is 10.0 Å². The Morgan fingerprint density at radius 1 is 1.08 bits per heavy atom. The number of hydrogen-bond donors (Lipinski definition) is 2. The molecule has 3 N–H and O–H groups in total. The van der Waals surface area contributed by atoms with Gasteiger partial charge in [0.15, 0.2) is 0 Å². The third kappa shape index (κ3) is 4.87. The Morgan fingerprint density at radius 2 is 1.89 bits per heavy atom. The lowest BCUT2D eigenvalue weighted by molar-refractivity contribution is 0.313. The van der Waals surface area contributed by atoms with Crippen LogP contribution in [0.2, 0.25) is 0 Å². The van der Waals surface area contributed by atoms with Crippen molar-refractivity contribution in [2.45, 2.75) is 11.8 Å². The van der Waals surface area contributed by atoms with E-state index in [-0.39, 0.29) is 17.5 Å². The molecule has 2 aromatic heterocycles. The van der Waals surface area contributed by atoms with Gasteiger partial charge in [-0.2, -0.15) is 4.98 Å². The quantitative estimate of drug-likeness (QED) is 0.372. The van der Waals surface area contributed by atoms with Gasteiger partial charge in [-0.05, 0) is 42.8 Å². The second-order valence-corrected chi connectivity index (χ2v) is 10.0. The minimum absolute atomic E-state index is 0.0289. The number of nitrogens with zero attached hydrogens (tertiary/aromatic N) is 4. The van der Waals surface area contributed by atoms with Crippen LogP contribution in [0.15, 0.2) is 59.6 Å². The van der Waals surface area contributed by atoms with Crippen molar-refractivity contribution >= 4 is 33.2 Å². The first-order chi connectivity index (χ1) is 18.1. The van der Waals surface area contributed by atoms with Gasteiger partial charge in [0.05, 0.1) is 19.3 Å². The average Bonchev–Trinajstić information content (AvgIpc) is 2.87. The van der Waals surface area contributed by atoms with Crippen molar-refractivity contribution in [3.05, 3.63) is 72.1 Å². The molecule has 1 aliphatic rings. The zero-order valence-corrected chi connectivity index (χ0v) is 21.1. The number of aryl methyl sites for hydroxylation is 1. The van der Waals surface area contributed by atoms with E-state index in [2.05, 4.69) is 19.7 Å². The first-order valence-corrected chi connectivity index (χ1v) is 12.8. The van der Waals surface area contributed by atoms with Gasteiger partial charge < -0.3 is 20.1 Å². The van der Waals surface area contributed by atoms with Gasteiger partial charge in [0.25, 0.3) is 10.0 Å². The maximum absolute atomic E-state index is 14.2. The number of sulfonamides is 1. The Kier molecular flexibility index (Phi) is 6.45. The molecule has 0 spiro atoms. The van der Waals surface area contributed by atoms with Crippen molar-refractivity contribution in [1.29, 1.82) is 0 Å². The van der Waals surface area contributed by atoms with Crippen LogP contribution in [0.5, 0.6) is 11.6 Å². The number of nitrogen functional groups attached to an aromatic ring is 1. The van der Waals surface area contributed by atoms with Gasteiger partial charge in [-0.3, -0.25) is 4.72 Å². The van der Waals surface area contributed by atoms with Crippen molar-refractivity contribution < 1.29 is 26.7 Å². The molecule has 13 heteroatoms. The third-order valence-corrected chi connectivity index (χ3v) is 7.16. The van der Waals surface area contributed by atoms with Crippen LogP contribution in [0.4, 0.5) is 31.9 Å². The molecular formula is C25H22F2N6O4S. The standard InChI is InChI=1S/C25H22F2N6O4S/c1-14-9-23(31-25(28)30-14)33-7-8-37-21-5-3-15(11-20(21)33)16-10-19(24(36-2)29-13-16)32-38(34,35)22-6-4-17(26)12-18(22)27/h3-6,9-13,32H,7-8H2,1-2H3,(H2,28,30,31). The Hall–Kier alpha value is -4.52. The van der Waals surface area contributed by atoms with Crippen LogP contribution >= 0.6 is 0 Å². The number of aromatic nitrogens is 3. The van der Waals surface area contributed by atoms with E-state index in [1.54, 1.807) is 12.1 Å². The highest BCUT2D eigenvalue weighted by Crippen LogP contribution is 2.40. The topological polar surface area (TPSA) is 133 Å². The monoisotopic (exact) mass is 540 g/mol. The van der Waals surface area contributed by atoms with E-state index in [9.17, 15) is 17.2 Å². The summed E-state index contributed by atoms with van der Waals surface area (Å²) in [6, 6.07) is 11.0. The van der Waals surface area contributed by atoms with Gasteiger partial charge >= 0.3 is 0 Å². The molecule has 5 rings (SSSR count). The number of rotatable bonds is 6. The van der Waals surface area contributed by atoms with Crippen molar-refractivity contribution in [2.75, 3.05) is 35.6 Å². The van der Waals surface area contributed by atoms with Gasteiger partial charge in [0.2, 0.25) is 11.8 Å². The number of anilines is 4. The average molecular weight is 541 g/mol. The van der Waals surface area contributed by atoms with Gasteiger partial charge in [-0.15, -0.1) is 0 Å². The molecule has 0 amide bonds. The predicted octanol–water partition coefficient (Wildman–Crippen LogP) is 4.05. The van der Waals surface area contributed by atoms with Crippen LogP contribution in [0, 0.1) is 18.6 Å². The number of nitrogens with one attached hydrogen (secondary N) is 1. The van der Waals surface area contributed by atoms with E-state index < -0.39 is 26.6 Å². The molecular weight excluding hydrogens is 518 g/mol. The molecule has 38 heavy (non-hydrogen) atoms. The maximum Gasteiger partial charge on any atom is 0.264 e. The van der Waals surface area contributed by atoms with Gasteiger partial charge in [-0.1, -0.05) is 6.07 Å². The summed E-state index contributed by atoms with van der Waals surface area (Å²) in [6.45, 7) is 2.77. The van der Waals surface area contributed by atoms with Gasteiger partial charge in [-0.25, -0.2) is 27.2 Å². The number of benzene rings is 2. The Morgan fingerprint density at radius 3 is 2.63 bits per heavy atom. The third-order valence-electron chi connectivity index (χ3n) is 5.76. The van der Waals surface area contributed by atoms with Crippen LogP contribution in [0.1, 0.15) is 5.69 Å². The second-order valence-electron chi connectivity index (χ2n) is 8.37. The van der Waals surface area contributed by atoms with Crippen LogP contribution in [-0.4, -0.2) is 43.6 Å². The molecule has 0 saturated carbocycles. The summed E-state index contributed by atoms with van der Waals surface area (Å²) < 4.78 is 66.6. The minimum Gasteiger partial charge on any atom is -0.490 e. The first-order valence-electron chi connectivity index (χ1n) is 11.3. The minimum atomic E-state index is -4.43. The molecule has 1 aliphatic heterocycles. The Bertz CT molecular complexity index is 1630. The van der Waals surface area contributed by atoms with E-state index in [1.807, 2.05) is 24.0 Å². The second kappa shape index (κ2) is 9.74. The summed E-state index contributed by atoms with van der Waals surface area (Å²) in [5.41, 5.74) is 8.49. The molecule has 196 valence electrons. The number of halogens is 2. The van der Waals surface area contributed by atoms with E-state index >= 15 is 0 Å². The number of pyridine rings is 1.